The highest BCUT2D eigenvalue weighted by atomic mass is 32.1. The molecule has 1 aromatic heterocycles. The number of Topliss-reactive ketones (excluding diaryl/α,β-unsaturated/α-hetero) is 1. The zero-order valence-corrected chi connectivity index (χ0v) is 25.7. The highest BCUT2D eigenvalue weighted by Gasteiger charge is 2.48. The molecule has 6 rings (SSSR count). The molecule has 1 fully saturated rings. The van der Waals surface area contributed by atoms with Crippen molar-refractivity contribution in [2.45, 2.75) is 19.6 Å². The lowest BCUT2D eigenvalue weighted by Gasteiger charge is -2.24. The molecule has 9 nitrogen and oxygen atoms in total. The number of amides is 1. The van der Waals surface area contributed by atoms with Gasteiger partial charge in [-0.3, -0.25) is 14.5 Å². The maximum atomic E-state index is 13.8. The fourth-order valence-corrected chi connectivity index (χ4v) is 6.23. The predicted molar refractivity (Wildman–Crippen MR) is 172 cm³/mol. The standard InChI is InChI=1S/C35H30N2O7S/c1-4-43-25-15-16-26-29(19-25)45-35(36-26)37-31(30(33(39)34(37)40)32(38)22-10-13-24(41-2)14-11-22)23-12-17-27(28(18-23)42-3)44-20-21-8-6-5-7-9-21/h5-19,31,38H,4,20H2,1-3H3. The van der Waals surface area contributed by atoms with Gasteiger partial charge in [-0.15, -0.1) is 0 Å². The number of aliphatic hydroxyl groups is 1. The zero-order valence-electron chi connectivity index (χ0n) is 24.9. The number of aromatic nitrogens is 1. The first-order chi connectivity index (χ1) is 21.9. The maximum Gasteiger partial charge on any atom is 0.301 e. The number of nitrogens with zero attached hydrogens (tertiary/aromatic N) is 2. The van der Waals surface area contributed by atoms with Crippen molar-refractivity contribution in [1.29, 1.82) is 0 Å². The van der Waals surface area contributed by atoms with E-state index in [2.05, 4.69) is 0 Å². The average Bonchev–Trinajstić information content (AvgIpc) is 3.61. The van der Waals surface area contributed by atoms with E-state index in [1.807, 2.05) is 55.5 Å². The lowest BCUT2D eigenvalue weighted by atomic mass is 9.95. The van der Waals surface area contributed by atoms with Crippen LogP contribution in [0.15, 0.2) is 96.6 Å². The van der Waals surface area contributed by atoms with Gasteiger partial charge in [0.1, 0.15) is 23.9 Å². The van der Waals surface area contributed by atoms with Crippen LogP contribution in [0, 0.1) is 0 Å². The summed E-state index contributed by atoms with van der Waals surface area (Å²) >= 11 is 1.26. The molecule has 2 heterocycles. The third-order valence-electron chi connectivity index (χ3n) is 7.41. The SMILES string of the molecule is CCOc1ccc2nc(N3C(=O)C(=O)C(=C(O)c4ccc(OC)cc4)C3c3ccc(OCc4ccccc4)c(OC)c3)sc2c1. The van der Waals surface area contributed by atoms with Crippen molar-refractivity contribution in [2.75, 3.05) is 25.7 Å². The Hall–Kier alpha value is -5.35. The second kappa shape index (κ2) is 12.7. The summed E-state index contributed by atoms with van der Waals surface area (Å²) in [4.78, 5) is 33.5. The molecule has 1 aliphatic heterocycles. The van der Waals surface area contributed by atoms with Crippen molar-refractivity contribution in [3.05, 3.63) is 113 Å². The van der Waals surface area contributed by atoms with E-state index in [0.717, 1.165) is 10.3 Å². The van der Waals surface area contributed by atoms with Gasteiger partial charge in [-0.25, -0.2) is 4.98 Å². The summed E-state index contributed by atoms with van der Waals surface area (Å²) in [6.45, 7) is 2.72. The molecule has 1 aliphatic rings. The Labute approximate surface area is 263 Å². The van der Waals surface area contributed by atoms with Gasteiger partial charge in [0.05, 0.1) is 42.7 Å². The van der Waals surface area contributed by atoms with E-state index in [4.69, 9.17) is 23.9 Å². The summed E-state index contributed by atoms with van der Waals surface area (Å²) in [6.07, 6.45) is 0. The molecule has 0 spiro atoms. The number of aliphatic hydroxyl groups excluding tert-OH is 1. The quantitative estimate of drug-likeness (QED) is 0.102. The number of fused-ring (bicyclic) bond motifs is 1. The molecule has 1 N–H and O–H groups in total. The number of rotatable bonds is 10. The van der Waals surface area contributed by atoms with Gasteiger partial charge in [-0.2, -0.15) is 0 Å². The van der Waals surface area contributed by atoms with E-state index in [0.29, 0.717) is 58.0 Å². The highest BCUT2D eigenvalue weighted by molar-refractivity contribution is 7.22. The van der Waals surface area contributed by atoms with E-state index < -0.39 is 17.7 Å². The minimum absolute atomic E-state index is 0.0700. The highest BCUT2D eigenvalue weighted by Crippen LogP contribution is 2.46. The number of carbonyl (C=O) groups excluding carboxylic acids is 2. The smallest absolute Gasteiger partial charge is 0.301 e. The largest absolute Gasteiger partial charge is 0.507 e. The van der Waals surface area contributed by atoms with E-state index in [1.165, 1.54) is 30.5 Å². The van der Waals surface area contributed by atoms with Gasteiger partial charge in [0.15, 0.2) is 16.6 Å². The summed E-state index contributed by atoms with van der Waals surface area (Å²) < 4.78 is 23.4. The fraction of sp³-hybridized carbons (Fsp3) is 0.171. The molecule has 1 saturated heterocycles. The number of hydrogen-bond donors (Lipinski definition) is 1. The predicted octanol–water partition coefficient (Wildman–Crippen LogP) is 6.92. The van der Waals surface area contributed by atoms with Gasteiger partial charge in [-0.1, -0.05) is 47.7 Å². The zero-order chi connectivity index (χ0) is 31.5. The van der Waals surface area contributed by atoms with Gasteiger partial charge in [0, 0.05) is 5.56 Å². The van der Waals surface area contributed by atoms with Crippen LogP contribution in [0.2, 0.25) is 0 Å². The Morgan fingerprint density at radius 1 is 0.867 bits per heavy atom. The first kappa shape index (κ1) is 29.7. The van der Waals surface area contributed by atoms with Crippen molar-refractivity contribution in [3.8, 4) is 23.0 Å². The number of benzene rings is 4. The number of hydrogen-bond acceptors (Lipinski definition) is 9. The minimum atomic E-state index is -1.00. The summed E-state index contributed by atoms with van der Waals surface area (Å²) in [6, 6.07) is 26.0. The number of carbonyl (C=O) groups is 2. The summed E-state index contributed by atoms with van der Waals surface area (Å²) in [5.41, 5.74) is 2.46. The van der Waals surface area contributed by atoms with Crippen molar-refractivity contribution >= 4 is 44.1 Å². The van der Waals surface area contributed by atoms with Crippen molar-refractivity contribution in [1.82, 2.24) is 4.98 Å². The van der Waals surface area contributed by atoms with Gasteiger partial charge in [0.2, 0.25) is 0 Å². The first-order valence-corrected chi connectivity index (χ1v) is 15.1. The molecule has 0 aliphatic carbocycles. The van der Waals surface area contributed by atoms with Gasteiger partial charge < -0.3 is 24.1 Å². The number of thiazole rings is 1. The molecular formula is C35H30N2O7S. The summed E-state index contributed by atoms with van der Waals surface area (Å²) in [5, 5.41) is 11.9. The molecule has 1 atom stereocenters. The van der Waals surface area contributed by atoms with Gasteiger partial charge in [-0.05, 0) is 72.6 Å². The molecular weight excluding hydrogens is 592 g/mol. The number of anilines is 1. The second-order valence-electron chi connectivity index (χ2n) is 10.1. The van der Waals surface area contributed by atoms with Crippen molar-refractivity contribution < 1.29 is 33.6 Å². The first-order valence-electron chi connectivity index (χ1n) is 14.2. The molecule has 1 unspecified atom stereocenters. The number of ketones is 1. The van der Waals surface area contributed by atoms with Crippen LogP contribution in [-0.2, 0) is 16.2 Å². The van der Waals surface area contributed by atoms with Crippen LogP contribution in [0.4, 0.5) is 5.13 Å². The molecule has 0 radical (unpaired) electrons. The molecule has 4 aromatic carbocycles. The Morgan fingerprint density at radius 2 is 1.62 bits per heavy atom. The molecule has 0 saturated carbocycles. The van der Waals surface area contributed by atoms with Gasteiger partial charge >= 0.3 is 5.91 Å². The molecule has 1 amide bonds. The lowest BCUT2D eigenvalue weighted by molar-refractivity contribution is -0.132. The Bertz CT molecular complexity index is 1900. The molecule has 10 heteroatoms. The number of methoxy groups -OCH3 is 2. The molecule has 228 valence electrons. The molecule has 0 bridgehead atoms. The average molecular weight is 623 g/mol. The Balaban J connectivity index is 1.46. The summed E-state index contributed by atoms with van der Waals surface area (Å²) in [7, 11) is 3.06. The lowest BCUT2D eigenvalue weighted by Crippen LogP contribution is -2.29. The van der Waals surface area contributed by atoms with Crippen LogP contribution in [0.1, 0.15) is 29.7 Å². The van der Waals surface area contributed by atoms with Crippen molar-refractivity contribution in [2.24, 2.45) is 0 Å². The fourth-order valence-electron chi connectivity index (χ4n) is 5.21. The maximum absolute atomic E-state index is 13.8. The van der Waals surface area contributed by atoms with E-state index >= 15 is 0 Å². The normalized spacial score (nSPS) is 15.8. The van der Waals surface area contributed by atoms with E-state index in [1.54, 1.807) is 42.5 Å². The number of ether oxygens (including phenoxy) is 4. The Kier molecular flexibility index (Phi) is 8.39. The van der Waals surface area contributed by atoms with Crippen molar-refractivity contribution in [3.63, 3.8) is 0 Å². The van der Waals surface area contributed by atoms with Crippen LogP contribution < -0.4 is 23.8 Å². The Morgan fingerprint density at radius 3 is 2.33 bits per heavy atom. The summed E-state index contributed by atoms with van der Waals surface area (Å²) in [5.74, 6) is 0.208. The van der Waals surface area contributed by atoms with Gasteiger partial charge in [0.25, 0.3) is 5.78 Å². The van der Waals surface area contributed by atoms with Crippen LogP contribution in [0.3, 0.4) is 0 Å². The van der Waals surface area contributed by atoms with Crippen LogP contribution >= 0.6 is 11.3 Å². The third-order valence-corrected chi connectivity index (χ3v) is 8.43. The van der Waals surface area contributed by atoms with Crippen LogP contribution in [0.25, 0.3) is 16.0 Å². The van der Waals surface area contributed by atoms with E-state index in [9.17, 15) is 14.7 Å². The third kappa shape index (κ3) is 5.80. The molecule has 5 aromatic rings. The van der Waals surface area contributed by atoms with Crippen LogP contribution in [0.5, 0.6) is 23.0 Å². The van der Waals surface area contributed by atoms with Crippen LogP contribution in [-0.4, -0.2) is 42.6 Å². The monoisotopic (exact) mass is 622 g/mol. The minimum Gasteiger partial charge on any atom is -0.507 e. The molecule has 45 heavy (non-hydrogen) atoms. The van der Waals surface area contributed by atoms with E-state index in [-0.39, 0.29) is 11.3 Å². The topological polar surface area (TPSA) is 107 Å². The second-order valence-corrected chi connectivity index (χ2v) is 11.2.